The number of hydrogen-bond acceptors (Lipinski definition) is 4. The summed E-state index contributed by atoms with van der Waals surface area (Å²) in [5, 5.41) is 4.23. The van der Waals surface area contributed by atoms with E-state index in [9.17, 15) is 14.4 Å². The van der Waals surface area contributed by atoms with Crippen LogP contribution in [0, 0.1) is 0 Å². The van der Waals surface area contributed by atoms with Crippen molar-refractivity contribution in [3.63, 3.8) is 0 Å². The summed E-state index contributed by atoms with van der Waals surface area (Å²) in [6, 6.07) is 13.9. The molecule has 0 radical (unpaired) electrons. The zero-order valence-electron chi connectivity index (χ0n) is 13.6. The first-order valence-corrected chi connectivity index (χ1v) is 8.00. The standard InChI is InChI=1S/C19H14N4O3/c24-17-12-6-2-1-5-11(12)14(9-20-17)18(25)21-10-16-22-15-8-4-3-7-13(15)19(26)23-16/h1-9H,10H2,(H,20,24)(H,21,25)(H,22,23,26). The maximum Gasteiger partial charge on any atom is 0.258 e. The molecule has 0 aliphatic rings. The lowest BCUT2D eigenvalue weighted by Gasteiger charge is -2.08. The molecule has 128 valence electrons. The van der Waals surface area contributed by atoms with E-state index in [0.717, 1.165) is 0 Å². The fourth-order valence-corrected chi connectivity index (χ4v) is 2.87. The van der Waals surface area contributed by atoms with Crippen LogP contribution in [0.3, 0.4) is 0 Å². The van der Waals surface area contributed by atoms with Gasteiger partial charge >= 0.3 is 0 Å². The van der Waals surface area contributed by atoms with Gasteiger partial charge in [0.25, 0.3) is 17.0 Å². The molecule has 26 heavy (non-hydrogen) atoms. The second-order valence-electron chi connectivity index (χ2n) is 5.79. The minimum atomic E-state index is -0.367. The molecule has 0 aliphatic carbocycles. The number of aromatic amines is 2. The summed E-state index contributed by atoms with van der Waals surface area (Å²) in [4.78, 5) is 46.1. The van der Waals surface area contributed by atoms with Gasteiger partial charge < -0.3 is 15.3 Å². The summed E-state index contributed by atoms with van der Waals surface area (Å²) in [5.41, 5.74) is 0.408. The summed E-state index contributed by atoms with van der Waals surface area (Å²) in [6.07, 6.45) is 1.39. The lowest BCUT2D eigenvalue weighted by molar-refractivity contribution is 0.0951. The number of nitrogens with one attached hydrogen (secondary N) is 3. The number of pyridine rings is 1. The molecule has 0 saturated carbocycles. The summed E-state index contributed by atoms with van der Waals surface area (Å²) >= 11 is 0. The van der Waals surface area contributed by atoms with Crippen molar-refractivity contribution in [2.75, 3.05) is 0 Å². The van der Waals surface area contributed by atoms with Crippen molar-refractivity contribution >= 4 is 27.6 Å². The first-order valence-electron chi connectivity index (χ1n) is 8.00. The maximum atomic E-state index is 12.5. The number of nitrogens with zero attached hydrogens (tertiary/aromatic N) is 1. The highest BCUT2D eigenvalue weighted by Gasteiger charge is 2.12. The minimum absolute atomic E-state index is 0.0619. The largest absolute Gasteiger partial charge is 0.345 e. The summed E-state index contributed by atoms with van der Waals surface area (Å²) in [7, 11) is 0. The third-order valence-electron chi connectivity index (χ3n) is 4.13. The molecular formula is C19H14N4O3. The normalized spacial score (nSPS) is 10.9. The van der Waals surface area contributed by atoms with Crippen LogP contribution in [0.2, 0.25) is 0 Å². The van der Waals surface area contributed by atoms with Crippen molar-refractivity contribution in [1.82, 2.24) is 20.3 Å². The Morgan fingerprint density at radius 2 is 1.62 bits per heavy atom. The average Bonchev–Trinajstić information content (AvgIpc) is 2.67. The molecule has 0 aliphatic heterocycles. The van der Waals surface area contributed by atoms with E-state index in [0.29, 0.717) is 33.1 Å². The highest BCUT2D eigenvalue weighted by atomic mass is 16.2. The number of H-pyrrole nitrogens is 2. The molecule has 0 unspecified atom stereocenters. The Balaban J connectivity index is 1.63. The first kappa shape index (κ1) is 15.8. The molecule has 4 aromatic rings. The molecule has 0 bridgehead atoms. The molecule has 0 atom stereocenters. The maximum absolute atomic E-state index is 12.5. The Morgan fingerprint density at radius 3 is 2.42 bits per heavy atom. The van der Waals surface area contributed by atoms with Crippen LogP contribution in [0.25, 0.3) is 21.7 Å². The third kappa shape index (κ3) is 2.75. The van der Waals surface area contributed by atoms with Crippen LogP contribution in [-0.4, -0.2) is 20.9 Å². The molecule has 4 rings (SSSR count). The van der Waals surface area contributed by atoms with Crippen molar-refractivity contribution in [1.29, 1.82) is 0 Å². The summed E-state index contributed by atoms with van der Waals surface area (Å²) in [5.74, 6) is -0.0102. The first-order chi connectivity index (χ1) is 12.6. The molecule has 0 spiro atoms. The van der Waals surface area contributed by atoms with Crippen LogP contribution in [0.1, 0.15) is 16.2 Å². The van der Waals surface area contributed by atoms with Crippen molar-refractivity contribution < 1.29 is 4.79 Å². The molecule has 0 saturated heterocycles. The van der Waals surface area contributed by atoms with Crippen LogP contribution < -0.4 is 16.4 Å². The number of amides is 1. The Kier molecular flexibility index (Phi) is 3.81. The van der Waals surface area contributed by atoms with Crippen molar-refractivity contribution in [3.05, 3.63) is 86.8 Å². The van der Waals surface area contributed by atoms with Gasteiger partial charge in [-0.15, -0.1) is 0 Å². The lowest BCUT2D eigenvalue weighted by Crippen LogP contribution is -2.26. The van der Waals surface area contributed by atoms with Crippen LogP contribution in [0.4, 0.5) is 0 Å². The molecule has 2 aromatic heterocycles. The molecular weight excluding hydrogens is 332 g/mol. The van der Waals surface area contributed by atoms with Gasteiger partial charge in [0, 0.05) is 17.0 Å². The Morgan fingerprint density at radius 1 is 0.923 bits per heavy atom. The number of aromatic nitrogens is 3. The predicted octanol–water partition coefficient (Wildman–Crippen LogP) is 1.69. The SMILES string of the molecule is O=C(NCc1nc2ccccc2c(=O)[nH]1)c1c[nH]c(=O)c2ccccc12. The molecule has 2 aromatic carbocycles. The Hall–Kier alpha value is -3.74. The molecule has 7 heteroatoms. The van der Waals surface area contributed by atoms with E-state index in [1.54, 1.807) is 48.5 Å². The number of benzene rings is 2. The molecule has 7 nitrogen and oxygen atoms in total. The van der Waals surface area contributed by atoms with Gasteiger partial charge in [-0.05, 0) is 18.2 Å². The van der Waals surface area contributed by atoms with E-state index < -0.39 is 0 Å². The highest BCUT2D eigenvalue weighted by molar-refractivity contribution is 6.06. The number of rotatable bonds is 3. The molecule has 0 fully saturated rings. The van der Waals surface area contributed by atoms with E-state index in [2.05, 4.69) is 20.3 Å². The van der Waals surface area contributed by atoms with Crippen LogP contribution >= 0.6 is 0 Å². The van der Waals surface area contributed by atoms with Crippen LogP contribution in [0.5, 0.6) is 0 Å². The monoisotopic (exact) mass is 346 g/mol. The zero-order chi connectivity index (χ0) is 18.1. The Labute approximate surface area is 146 Å². The average molecular weight is 346 g/mol. The van der Waals surface area contributed by atoms with Crippen LogP contribution in [0.15, 0.2) is 64.3 Å². The number of fused-ring (bicyclic) bond motifs is 2. The Bertz CT molecular complexity index is 1260. The number of carbonyl (C=O) groups excluding carboxylic acids is 1. The van der Waals surface area contributed by atoms with Gasteiger partial charge in [0.2, 0.25) is 0 Å². The quantitative estimate of drug-likeness (QED) is 0.525. The molecule has 3 N–H and O–H groups in total. The van der Waals surface area contributed by atoms with E-state index in [1.165, 1.54) is 6.20 Å². The summed E-state index contributed by atoms with van der Waals surface area (Å²) in [6.45, 7) is 0.0619. The second-order valence-corrected chi connectivity index (χ2v) is 5.79. The van der Waals surface area contributed by atoms with Gasteiger partial charge in [0.1, 0.15) is 5.82 Å². The van der Waals surface area contributed by atoms with E-state index in [-0.39, 0.29) is 23.6 Å². The summed E-state index contributed by atoms with van der Waals surface area (Å²) < 4.78 is 0. The fourth-order valence-electron chi connectivity index (χ4n) is 2.87. The van der Waals surface area contributed by atoms with Crippen molar-refractivity contribution in [2.45, 2.75) is 6.54 Å². The van der Waals surface area contributed by atoms with Gasteiger partial charge in [-0.2, -0.15) is 0 Å². The van der Waals surface area contributed by atoms with Gasteiger partial charge in [0.05, 0.1) is 23.0 Å². The highest BCUT2D eigenvalue weighted by Crippen LogP contribution is 2.14. The number of para-hydroxylation sites is 1. The topological polar surface area (TPSA) is 108 Å². The zero-order valence-corrected chi connectivity index (χ0v) is 13.6. The minimum Gasteiger partial charge on any atom is -0.345 e. The van der Waals surface area contributed by atoms with E-state index in [4.69, 9.17) is 0 Å². The fraction of sp³-hybridized carbons (Fsp3) is 0.0526. The third-order valence-corrected chi connectivity index (χ3v) is 4.13. The predicted molar refractivity (Wildman–Crippen MR) is 98.1 cm³/mol. The second kappa shape index (κ2) is 6.29. The van der Waals surface area contributed by atoms with Crippen molar-refractivity contribution in [2.24, 2.45) is 0 Å². The molecule has 2 heterocycles. The number of carbonyl (C=O) groups is 1. The van der Waals surface area contributed by atoms with Gasteiger partial charge in [-0.1, -0.05) is 30.3 Å². The van der Waals surface area contributed by atoms with E-state index in [1.807, 2.05) is 0 Å². The van der Waals surface area contributed by atoms with E-state index >= 15 is 0 Å². The van der Waals surface area contributed by atoms with Gasteiger partial charge in [-0.3, -0.25) is 14.4 Å². The van der Waals surface area contributed by atoms with Crippen LogP contribution in [-0.2, 0) is 6.54 Å². The number of hydrogen-bond donors (Lipinski definition) is 3. The molecule has 1 amide bonds. The van der Waals surface area contributed by atoms with Gasteiger partial charge in [-0.25, -0.2) is 4.98 Å². The van der Waals surface area contributed by atoms with Gasteiger partial charge in [0.15, 0.2) is 0 Å². The van der Waals surface area contributed by atoms with Crippen molar-refractivity contribution in [3.8, 4) is 0 Å². The lowest BCUT2D eigenvalue weighted by atomic mass is 10.1. The smallest absolute Gasteiger partial charge is 0.258 e.